The second-order valence-electron chi connectivity index (χ2n) is 10.4. The Balaban J connectivity index is 1.20. The predicted octanol–water partition coefficient (Wildman–Crippen LogP) is 3.93. The lowest BCUT2D eigenvalue weighted by Crippen LogP contribution is -2.47. The van der Waals surface area contributed by atoms with Gasteiger partial charge < -0.3 is 30.9 Å². The number of hydrogen-bond donors (Lipinski definition) is 5. The van der Waals surface area contributed by atoms with E-state index in [0.29, 0.717) is 29.8 Å². The van der Waals surface area contributed by atoms with E-state index in [9.17, 15) is 9.90 Å². The Hall–Kier alpha value is -3.79. The largest absolute Gasteiger partial charge is 0.508 e. The van der Waals surface area contributed by atoms with Gasteiger partial charge in [-0.25, -0.2) is 4.98 Å². The Kier molecular flexibility index (Phi) is 7.97. The highest BCUT2D eigenvalue weighted by Gasteiger charge is 2.27. The fourth-order valence-electron chi connectivity index (χ4n) is 5.35. The van der Waals surface area contributed by atoms with Crippen LogP contribution in [0.4, 0.5) is 23.1 Å². The second kappa shape index (κ2) is 11.7. The molecule has 5 rings (SSSR count). The summed E-state index contributed by atoms with van der Waals surface area (Å²) < 4.78 is 0. The van der Waals surface area contributed by atoms with E-state index >= 15 is 0 Å². The number of phenolic OH excluding ortho intramolecular Hbond substituents is 1. The summed E-state index contributed by atoms with van der Waals surface area (Å²) in [5, 5.41) is 25.9. The molecule has 2 aliphatic rings. The van der Waals surface area contributed by atoms with E-state index in [1.54, 1.807) is 25.4 Å². The summed E-state index contributed by atoms with van der Waals surface area (Å²) >= 11 is 0. The van der Waals surface area contributed by atoms with Gasteiger partial charge in [0.05, 0.1) is 11.9 Å². The molecule has 2 fully saturated rings. The summed E-state index contributed by atoms with van der Waals surface area (Å²) in [7, 11) is 1.59. The molecule has 10 heteroatoms. The zero-order valence-corrected chi connectivity index (χ0v) is 22.2. The van der Waals surface area contributed by atoms with Gasteiger partial charge in [-0.1, -0.05) is 19.1 Å². The molecule has 5 N–H and O–H groups in total. The van der Waals surface area contributed by atoms with Crippen molar-refractivity contribution in [2.45, 2.75) is 45.2 Å². The first-order chi connectivity index (χ1) is 18.5. The molecule has 0 unspecified atom stereocenters. The quantitative estimate of drug-likeness (QED) is 0.304. The van der Waals surface area contributed by atoms with Gasteiger partial charge in [0.2, 0.25) is 0 Å². The molecule has 202 valence electrons. The van der Waals surface area contributed by atoms with Crippen LogP contribution >= 0.6 is 0 Å². The summed E-state index contributed by atoms with van der Waals surface area (Å²) in [5.41, 5.74) is 2.12. The molecule has 0 spiro atoms. The number of benzene rings is 1. The van der Waals surface area contributed by atoms with Crippen molar-refractivity contribution in [3.8, 4) is 5.75 Å². The van der Waals surface area contributed by atoms with Gasteiger partial charge in [-0.3, -0.25) is 9.89 Å². The van der Waals surface area contributed by atoms with Crippen LogP contribution in [0, 0.1) is 5.92 Å². The number of hydrogen-bond acceptors (Lipinski definition) is 8. The van der Waals surface area contributed by atoms with Gasteiger partial charge in [-0.15, -0.1) is 0 Å². The summed E-state index contributed by atoms with van der Waals surface area (Å²) in [6.45, 7) is 7.35. The molecule has 1 amide bonds. The molecule has 0 aliphatic carbocycles. The average molecular weight is 519 g/mol. The van der Waals surface area contributed by atoms with Crippen molar-refractivity contribution in [1.82, 2.24) is 25.4 Å². The van der Waals surface area contributed by atoms with Gasteiger partial charge in [0, 0.05) is 32.7 Å². The number of carbonyl (C=O) groups is 1. The molecule has 0 atom stereocenters. The molecule has 0 saturated carbocycles. The third-order valence-corrected chi connectivity index (χ3v) is 7.76. The number of rotatable bonds is 8. The van der Waals surface area contributed by atoms with Crippen molar-refractivity contribution < 1.29 is 9.90 Å². The lowest BCUT2D eigenvalue weighted by molar-refractivity contribution is 0.0964. The van der Waals surface area contributed by atoms with Crippen molar-refractivity contribution in [3.05, 3.63) is 53.7 Å². The molecule has 10 nitrogen and oxygen atoms in total. The highest BCUT2D eigenvalue weighted by molar-refractivity contribution is 6.03. The Bertz CT molecular complexity index is 1190. The molecular formula is C28H38N8O2. The summed E-state index contributed by atoms with van der Waals surface area (Å²) in [4.78, 5) is 22.4. The average Bonchev–Trinajstić information content (AvgIpc) is 3.35. The minimum Gasteiger partial charge on any atom is -0.508 e. The van der Waals surface area contributed by atoms with Crippen LogP contribution < -0.4 is 20.9 Å². The van der Waals surface area contributed by atoms with Gasteiger partial charge in [0.25, 0.3) is 5.91 Å². The van der Waals surface area contributed by atoms with E-state index in [-0.39, 0.29) is 11.7 Å². The van der Waals surface area contributed by atoms with Crippen LogP contribution in [-0.2, 0) is 6.54 Å². The molecule has 2 aromatic heterocycles. The number of likely N-dealkylation sites (tertiary alicyclic amines) is 1. The van der Waals surface area contributed by atoms with E-state index in [1.165, 1.54) is 38.8 Å². The highest BCUT2D eigenvalue weighted by atomic mass is 16.3. The van der Waals surface area contributed by atoms with Gasteiger partial charge in [0.15, 0.2) is 5.82 Å². The summed E-state index contributed by atoms with van der Waals surface area (Å²) in [5.74, 6) is 2.73. The van der Waals surface area contributed by atoms with Crippen LogP contribution in [-0.4, -0.2) is 70.4 Å². The van der Waals surface area contributed by atoms with Crippen LogP contribution in [0.1, 0.15) is 48.5 Å². The Morgan fingerprint density at radius 2 is 1.79 bits per heavy atom. The van der Waals surface area contributed by atoms with Crippen LogP contribution in [0.5, 0.6) is 5.75 Å². The maximum atomic E-state index is 12.7. The first kappa shape index (κ1) is 25.8. The van der Waals surface area contributed by atoms with Crippen molar-refractivity contribution >= 4 is 29.0 Å². The number of aromatic amines is 1. The maximum Gasteiger partial charge on any atom is 0.258 e. The third kappa shape index (κ3) is 6.02. The van der Waals surface area contributed by atoms with Crippen LogP contribution in [0.2, 0.25) is 0 Å². The minimum absolute atomic E-state index is 0.210. The number of anilines is 4. The molecule has 0 bridgehead atoms. The molecule has 0 radical (unpaired) electrons. The van der Waals surface area contributed by atoms with Crippen molar-refractivity contribution in [2.24, 2.45) is 5.92 Å². The lowest BCUT2D eigenvalue weighted by atomic mass is 9.95. The fraction of sp³-hybridized carbons (Fsp3) is 0.464. The Labute approximate surface area is 223 Å². The van der Waals surface area contributed by atoms with E-state index < -0.39 is 0 Å². The minimum atomic E-state index is -0.259. The third-order valence-electron chi connectivity index (χ3n) is 7.76. The van der Waals surface area contributed by atoms with Gasteiger partial charge in [-0.2, -0.15) is 5.10 Å². The Morgan fingerprint density at radius 3 is 2.45 bits per heavy atom. The van der Waals surface area contributed by atoms with Crippen molar-refractivity contribution in [1.29, 1.82) is 0 Å². The highest BCUT2D eigenvalue weighted by Crippen LogP contribution is 2.28. The number of aromatic hydroxyl groups is 1. The molecule has 38 heavy (non-hydrogen) atoms. The molecule has 3 aromatic rings. The monoisotopic (exact) mass is 518 g/mol. The normalized spacial score (nSPS) is 17.4. The van der Waals surface area contributed by atoms with Gasteiger partial charge in [0.1, 0.15) is 22.9 Å². The summed E-state index contributed by atoms with van der Waals surface area (Å²) in [6, 6.07) is 11.6. The predicted molar refractivity (Wildman–Crippen MR) is 150 cm³/mol. The van der Waals surface area contributed by atoms with Crippen molar-refractivity contribution in [2.75, 3.05) is 48.8 Å². The fourth-order valence-corrected chi connectivity index (χ4v) is 5.35. The number of aromatic nitrogens is 3. The van der Waals surface area contributed by atoms with E-state index in [0.717, 1.165) is 36.1 Å². The maximum absolute atomic E-state index is 12.7. The standard InChI is InChI=1S/C28H38N8O2/c1-19-9-13-35(14-10-19)22-11-15-36(16-12-22)24-8-5-21(18-30-24)32-27-25(28(38)29-2)26(33-34-27)31-17-20-3-6-23(37)7-4-20/h3-8,18-19,22,37H,9-17H2,1-2H3,(H,29,38)(H3,31,32,33,34). The zero-order valence-electron chi connectivity index (χ0n) is 22.2. The molecule has 1 aromatic carbocycles. The number of piperidine rings is 2. The van der Waals surface area contributed by atoms with Gasteiger partial charge >= 0.3 is 0 Å². The lowest BCUT2D eigenvalue weighted by Gasteiger charge is -2.41. The van der Waals surface area contributed by atoms with Crippen molar-refractivity contribution in [3.63, 3.8) is 0 Å². The van der Waals surface area contributed by atoms with E-state index in [2.05, 4.69) is 42.9 Å². The first-order valence-electron chi connectivity index (χ1n) is 13.5. The second-order valence-corrected chi connectivity index (χ2v) is 10.4. The van der Waals surface area contributed by atoms with Crippen LogP contribution in [0.3, 0.4) is 0 Å². The van der Waals surface area contributed by atoms with Crippen LogP contribution in [0.15, 0.2) is 42.6 Å². The molecule has 2 saturated heterocycles. The number of H-pyrrole nitrogens is 1. The van der Waals surface area contributed by atoms with E-state index in [4.69, 9.17) is 4.98 Å². The Morgan fingerprint density at radius 1 is 1.05 bits per heavy atom. The SMILES string of the molecule is CNC(=O)c1c(NCc2ccc(O)cc2)n[nH]c1Nc1ccc(N2CCC(N3CCC(C)CC3)CC2)nc1. The zero-order chi connectivity index (χ0) is 26.5. The topological polar surface area (TPSA) is 121 Å². The molecule has 2 aliphatic heterocycles. The molecule has 4 heterocycles. The number of phenols is 1. The van der Waals surface area contributed by atoms with Crippen LogP contribution in [0.25, 0.3) is 0 Å². The molecular weight excluding hydrogens is 480 g/mol. The number of nitrogens with one attached hydrogen (secondary N) is 4. The first-order valence-corrected chi connectivity index (χ1v) is 13.5. The summed E-state index contributed by atoms with van der Waals surface area (Å²) in [6.07, 6.45) is 6.80. The smallest absolute Gasteiger partial charge is 0.258 e. The number of pyridine rings is 1. The number of carbonyl (C=O) groups excluding carboxylic acids is 1. The number of amides is 1. The van der Waals surface area contributed by atoms with E-state index in [1.807, 2.05) is 24.3 Å². The number of nitrogens with zero attached hydrogens (tertiary/aromatic N) is 4. The van der Waals surface area contributed by atoms with Gasteiger partial charge in [-0.05, 0) is 74.5 Å².